The molecule has 4 nitrogen and oxygen atoms in total. The van der Waals surface area contributed by atoms with Crippen molar-refractivity contribution in [2.45, 2.75) is 18.5 Å². The first-order valence-corrected chi connectivity index (χ1v) is 4.35. The molecule has 1 unspecified atom stereocenters. The van der Waals surface area contributed by atoms with E-state index in [0.29, 0.717) is 6.04 Å². The molecule has 4 heteroatoms. The van der Waals surface area contributed by atoms with Gasteiger partial charge in [-0.15, -0.1) is 0 Å². The molecule has 2 saturated heterocycles. The zero-order valence-corrected chi connectivity index (χ0v) is 7.23. The lowest BCUT2D eigenvalue weighted by Gasteiger charge is -2.50. The maximum Gasteiger partial charge on any atom is 0.320 e. The largest absolute Gasteiger partial charge is 0.480 e. The van der Waals surface area contributed by atoms with Crippen LogP contribution >= 0.6 is 0 Å². The van der Waals surface area contributed by atoms with Crippen molar-refractivity contribution in [1.82, 2.24) is 9.80 Å². The molecular formula is C8H14N2O2. The molecule has 1 atom stereocenters. The molecule has 0 aromatic carbocycles. The maximum atomic E-state index is 10.7. The first-order valence-electron chi connectivity index (χ1n) is 4.35. The fourth-order valence-corrected chi connectivity index (χ4v) is 1.99. The van der Waals surface area contributed by atoms with Gasteiger partial charge in [-0.05, 0) is 13.5 Å². The van der Waals surface area contributed by atoms with Gasteiger partial charge in [0.25, 0.3) is 0 Å². The standard InChI is InChI=1S/C8H14N2O2/c1-9-4-6(5-9)10-3-2-7(10)8(11)12/h6-7H,2-5H2,1H3,(H,11,12). The average Bonchev–Trinajstić information content (AvgIpc) is 1.80. The van der Waals surface area contributed by atoms with E-state index >= 15 is 0 Å². The van der Waals surface area contributed by atoms with Gasteiger partial charge in [0.05, 0.1) is 0 Å². The summed E-state index contributed by atoms with van der Waals surface area (Å²) in [4.78, 5) is 15.0. The summed E-state index contributed by atoms with van der Waals surface area (Å²) in [7, 11) is 2.06. The normalized spacial score (nSPS) is 32.6. The van der Waals surface area contributed by atoms with Crippen molar-refractivity contribution in [3.63, 3.8) is 0 Å². The van der Waals surface area contributed by atoms with E-state index in [2.05, 4.69) is 16.8 Å². The Hall–Kier alpha value is -0.610. The molecule has 0 saturated carbocycles. The van der Waals surface area contributed by atoms with Crippen molar-refractivity contribution in [1.29, 1.82) is 0 Å². The van der Waals surface area contributed by atoms with Gasteiger partial charge in [-0.25, -0.2) is 0 Å². The summed E-state index contributed by atoms with van der Waals surface area (Å²) in [5, 5.41) is 8.78. The fourth-order valence-electron chi connectivity index (χ4n) is 1.99. The van der Waals surface area contributed by atoms with Crippen LogP contribution in [0.5, 0.6) is 0 Å². The molecule has 2 aliphatic heterocycles. The third kappa shape index (κ3) is 1.11. The highest BCUT2D eigenvalue weighted by atomic mass is 16.4. The summed E-state index contributed by atoms with van der Waals surface area (Å²) in [6, 6.07) is 0.313. The lowest BCUT2D eigenvalue weighted by molar-refractivity contribution is -0.153. The first-order chi connectivity index (χ1) is 5.68. The van der Waals surface area contributed by atoms with Gasteiger partial charge >= 0.3 is 5.97 Å². The van der Waals surface area contributed by atoms with Crippen LogP contribution in [0.3, 0.4) is 0 Å². The van der Waals surface area contributed by atoms with E-state index in [4.69, 9.17) is 5.11 Å². The van der Waals surface area contributed by atoms with Crippen LogP contribution in [0.25, 0.3) is 0 Å². The Labute approximate surface area is 71.8 Å². The van der Waals surface area contributed by atoms with Gasteiger partial charge in [-0.3, -0.25) is 9.69 Å². The molecular weight excluding hydrogens is 156 g/mol. The number of aliphatic carboxylic acids is 1. The summed E-state index contributed by atoms with van der Waals surface area (Å²) in [5.41, 5.74) is 0. The number of nitrogens with zero attached hydrogens (tertiary/aromatic N) is 2. The van der Waals surface area contributed by atoms with Crippen LogP contribution in [0.1, 0.15) is 6.42 Å². The van der Waals surface area contributed by atoms with Crippen LogP contribution in [0.15, 0.2) is 0 Å². The molecule has 68 valence electrons. The third-order valence-corrected chi connectivity index (χ3v) is 2.86. The molecule has 1 N–H and O–H groups in total. The Morgan fingerprint density at radius 3 is 2.50 bits per heavy atom. The van der Waals surface area contributed by atoms with Crippen molar-refractivity contribution in [3.8, 4) is 0 Å². The monoisotopic (exact) mass is 170 g/mol. The number of carboxylic acids is 1. The number of carboxylic acid groups (broad SMARTS) is 1. The Kier molecular flexibility index (Phi) is 1.81. The zero-order chi connectivity index (χ0) is 8.72. The minimum absolute atomic E-state index is 0.191. The minimum atomic E-state index is -0.657. The SMILES string of the molecule is CN1CC(N2CCC2C(=O)O)C1. The summed E-state index contributed by atoms with van der Waals surface area (Å²) < 4.78 is 0. The molecule has 0 aromatic heterocycles. The van der Waals surface area contributed by atoms with E-state index in [-0.39, 0.29) is 6.04 Å². The molecule has 0 radical (unpaired) electrons. The highest BCUT2D eigenvalue weighted by molar-refractivity contribution is 5.74. The molecule has 0 aliphatic carbocycles. The van der Waals surface area contributed by atoms with Gasteiger partial charge in [0, 0.05) is 25.7 Å². The quantitative estimate of drug-likeness (QED) is 0.604. The van der Waals surface area contributed by atoms with Gasteiger partial charge < -0.3 is 10.0 Å². The van der Waals surface area contributed by atoms with Gasteiger partial charge in [-0.1, -0.05) is 0 Å². The van der Waals surface area contributed by atoms with Crippen LogP contribution in [-0.4, -0.2) is 59.6 Å². The second kappa shape index (κ2) is 2.71. The van der Waals surface area contributed by atoms with Crippen molar-refractivity contribution in [2.75, 3.05) is 26.7 Å². The topological polar surface area (TPSA) is 43.8 Å². The van der Waals surface area contributed by atoms with E-state index in [9.17, 15) is 4.79 Å². The van der Waals surface area contributed by atoms with Crippen molar-refractivity contribution < 1.29 is 9.90 Å². The zero-order valence-electron chi connectivity index (χ0n) is 7.23. The van der Waals surface area contributed by atoms with E-state index in [1.165, 1.54) is 0 Å². The summed E-state index contributed by atoms with van der Waals surface area (Å²) >= 11 is 0. The first kappa shape index (κ1) is 8.01. The lowest BCUT2D eigenvalue weighted by Crippen LogP contribution is -2.66. The van der Waals surface area contributed by atoms with E-state index < -0.39 is 5.97 Å². The Balaban J connectivity index is 1.86. The number of likely N-dealkylation sites (tertiary alicyclic amines) is 2. The summed E-state index contributed by atoms with van der Waals surface area (Å²) in [6.45, 7) is 3.03. The van der Waals surface area contributed by atoms with Gasteiger partial charge in [0.1, 0.15) is 6.04 Å². The highest BCUT2D eigenvalue weighted by Crippen LogP contribution is 2.25. The van der Waals surface area contributed by atoms with Gasteiger partial charge in [-0.2, -0.15) is 0 Å². The average molecular weight is 170 g/mol. The maximum absolute atomic E-state index is 10.7. The van der Waals surface area contributed by atoms with E-state index in [1.54, 1.807) is 0 Å². The molecule has 0 spiro atoms. The second-order valence-corrected chi connectivity index (χ2v) is 3.76. The number of carbonyl (C=O) groups is 1. The van der Waals surface area contributed by atoms with E-state index in [1.807, 2.05) is 0 Å². The third-order valence-electron chi connectivity index (χ3n) is 2.86. The highest BCUT2D eigenvalue weighted by Gasteiger charge is 2.42. The predicted octanol–water partition coefficient (Wildman–Crippen LogP) is -0.541. The molecule has 0 aromatic rings. The van der Waals surface area contributed by atoms with Crippen molar-refractivity contribution in [2.24, 2.45) is 0 Å². The number of hydrogen-bond acceptors (Lipinski definition) is 3. The second-order valence-electron chi connectivity index (χ2n) is 3.76. The smallest absolute Gasteiger partial charge is 0.320 e. The molecule has 2 aliphatic rings. The van der Waals surface area contributed by atoms with Crippen LogP contribution in [0.4, 0.5) is 0 Å². The van der Waals surface area contributed by atoms with Gasteiger partial charge in [0.15, 0.2) is 0 Å². The summed E-state index contributed by atoms with van der Waals surface area (Å²) in [6.07, 6.45) is 0.829. The van der Waals surface area contributed by atoms with Crippen LogP contribution in [0.2, 0.25) is 0 Å². The summed E-state index contributed by atoms with van der Waals surface area (Å²) in [5.74, 6) is -0.657. The number of rotatable bonds is 2. The molecule has 2 fully saturated rings. The molecule has 2 rings (SSSR count). The molecule has 2 heterocycles. The van der Waals surface area contributed by atoms with Crippen LogP contribution in [-0.2, 0) is 4.79 Å². The Bertz CT molecular complexity index is 201. The van der Waals surface area contributed by atoms with Crippen LogP contribution < -0.4 is 0 Å². The number of hydrogen-bond donors (Lipinski definition) is 1. The number of likely N-dealkylation sites (N-methyl/N-ethyl adjacent to an activating group) is 1. The molecule has 12 heavy (non-hydrogen) atoms. The van der Waals surface area contributed by atoms with E-state index in [0.717, 1.165) is 26.1 Å². The lowest BCUT2D eigenvalue weighted by atomic mass is 9.96. The van der Waals surface area contributed by atoms with Crippen LogP contribution in [0, 0.1) is 0 Å². The molecule has 0 bridgehead atoms. The predicted molar refractivity (Wildman–Crippen MR) is 44.0 cm³/mol. The van der Waals surface area contributed by atoms with Gasteiger partial charge in [0.2, 0.25) is 0 Å². The van der Waals surface area contributed by atoms with Crippen molar-refractivity contribution in [3.05, 3.63) is 0 Å². The fraction of sp³-hybridized carbons (Fsp3) is 0.875. The molecule has 0 amide bonds. The Morgan fingerprint density at radius 1 is 1.50 bits per heavy atom. The Morgan fingerprint density at radius 2 is 2.17 bits per heavy atom. The minimum Gasteiger partial charge on any atom is -0.480 e. The van der Waals surface area contributed by atoms with Crippen molar-refractivity contribution >= 4 is 5.97 Å².